The summed E-state index contributed by atoms with van der Waals surface area (Å²) >= 11 is 0. The zero-order valence-electron chi connectivity index (χ0n) is 8.28. The fourth-order valence-electron chi connectivity index (χ4n) is 0.971. The maximum atomic E-state index is 11.2. The Bertz CT molecular complexity index is 307. The van der Waals surface area contributed by atoms with Gasteiger partial charge in [0.25, 0.3) is 0 Å². The van der Waals surface area contributed by atoms with Gasteiger partial charge in [0.05, 0.1) is 6.10 Å². The molecule has 0 fully saturated rings. The molecule has 1 unspecified atom stereocenters. The lowest BCUT2D eigenvalue weighted by molar-refractivity contribution is -0.116. The average molecular weight is 198 g/mol. The zero-order valence-corrected chi connectivity index (χ0v) is 8.28. The lowest BCUT2D eigenvalue weighted by atomic mass is 10.2. The summed E-state index contributed by atoms with van der Waals surface area (Å²) < 4.78 is 4.78. The third-order valence-electron chi connectivity index (χ3n) is 1.68. The topological polar surface area (TPSA) is 75.4 Å². The molecule has 0 aliphatic carbocycles. The number of rotatable bonds is 4. The summed E-state index contributed by atoms with van der Waals surface area (Å²) in [7, 11) is 0. The van der Waals surface area contributed by atoms with Crippen LogP contribution < -0.4 is 5.32 Å². The minimum atomic E-state index is -0.459. The summed E-state index contributed by atoms with van der Waals surface area (Å²) in [6.07, 6.45) is 0.270. The minimum Gasteiger partial charge on any atom is -0.393 e. The van der Waals surface area contributed by atoms with Crippen molar-refractivity contribution in [3.05, 3.63) is 11.8 Å². The van der Waals surface area contributed by atoms with Gasteiger partial charge in [-0.2, -0.15) is 0 Å². The third-order valence-corrected chi connectivity index (χ3v) is 1.68. The summed E-state index contributed by atoms with van der Waals surface area (Å²) in [5.74, 6) is 0.896. The molecule has 0 saturated carbocycles. The maximum Gasteiger partial charge on any atom is 0.225 e. The highest BCUT2D eigenvalue weighted by atomic mass is 16.5. The summed E-state index contributed by atoms with van der Waals surface area (Å²) in [6, 6.07) is 1.64. The second-order valence-electron chi connectivity index (χ2n) is 3.26. The van der Waals surface area contributed by atoms with E-state index in [-0.39, 0.29) is 12.3 Å². The van der Waals surface area contributed by atoms with Crippen LogP contribution >= 0.6 is 0 Å². The summed E-state index contributed by atoms with van der Waals surface area (Å²) in [5, 5.41) is 15.1. The van der Waals surface area contributed by atoms with E-state index in [4.69, 9.17) is 9.63 Å². The SMILES string of the molecule is Cc1cc(NC(=O)CCC(C)O)no1. The molecule has 0 saturated heterocycles. The second kappa shape index (κ2) is 4.76. The van der Waals surface area contributed by atoms with Gasteiger partial charge in [0.15, 0.2) is 5.82 Å². The molecule has 1 aromatic heterocycles. The van der Waals surface area contributed by atoms with E-state index in [1.165, 1.54) is 0 Å². The number of anilines is 1. The van der Waals surface area contributed by atoms with Crippen molar-refractivity contribution in [3.63, 3.8) is 0 Å². The number of carbonyl (C=O) groups excluding carboxylic acids is 1. The average Bonchev–Trinajstić information content (AvgIpc) is 2.48. The van der Waals surface area contributed by atoms with E-state index in [2.05, 4.69) is 10.5 Å². The Morgan fingerprint density at radius 1 is 1.79 bits per heavy atom. The number of aryl methyl sites for hydroxylation is 1. The van der Waals surface area contributed by atoms with E-state index in [1.807, 2.05) is 0 Å². The third kappa shape index (κ3) is 3.57. The molecular weight excluding hydrogens is 184 g/mol. The van der Waals surface area contributed by atoms with Crippen molar-refractivity contribution < 1.29 is 14.4 Å². The van der Waals surface area contributed by atoms with Crippen molar-refractivity contribution in [1.29, 1.82) is 0 Å². The zero-order chi connectivity index (χ0) is 10.6. The van der Waals surface area contributed by atoms with Gasteiger partial charge in [-0.05, 0) is 20.3 Å². The first kappa shape index (κ1) is 10.7. The van der Waals surface area contributed by atoms with Gasteiger partial charge in [-0.15, -0.1) is 0 Å². The van der Waals surface area contributed by atoms with Gasteiger partial charge in [-0.1, -0.05) is 5.16 Å². The number of nitrogens with zero attached hydrogens (tertiary/aromatic N) is 1. The van der Waals surface area contributed by atoms with Gasteiger partial charge < -0.3 is 14.9 Å². The van der Waals surface area contributed by atoms with Crippen LogP contribution in [0.15, 0.2) is 10.6 Å². The van der Waals surface area contributed by atoms with Crippen LogP contribution in [0, 0.1) is 6.92 Å². The van der Waals surface area contributed by atoms with Crippen molar-refractivity contribution in [2.45, 2.75) is 32.8 Å². The molecule has 0 aliphatic heterocycles. The van der Waals surface area contributed by atoms with Gasteiger partial charge in [-0.3, -0.25) is 4.79 Å². The van der Waals surface area contributed by atoms with Gasteiger partial charge in [0, 0.05) is 12.5 Å². The highest BCUT2D eigenvalue weighted by Crippen LogP contribution is 2.08. The van der Waals surface area contributed by atoms with Crippen LogP contribution in [-0.2, 0) is 4.79 Å². The molecular formula is C9H14N2O3. The van der Waals surface area contributed by atoms with Gasteiger partial charge in [0.2, 0.25) is 5.91 Å². The van der Waals surface area contributed by atoms with Gasteiger partial charge in [0.1, 0.15) is 5.76 Å². The standard InChI is InChI=1S/C9H14N2O3/c1-6(12)3-4-9(13)10-8-5-7(2)14-11-8/h5-6,12H,3-4H2,1-2H3,(H,10,11,13). The first-order chi connectivity index (χ1) is 6.58. The maximum absolute atomic E-state index is 11.2. The number of aromatic nitrogens is 1. The molecule has 14 heavy (non-hydrogen) atoms. The van der Waals surface area contributed by atoms with Crippen LogP contribution in [0.1, 0.15) is 25.5 Å². The number of amides is 1. The molecule has 1 aromatic rings. The smallest absolute Gasteiger partial charge is 0.225 e. The summed E-state index contributed by atoms with van der Waals surface area (Å²) in [6.45, 7) is 3.39. The van der Waals surface area contributed by atoms with Gasteiger partial charge >= 0.3 is 0 Å². The highest BCUT2D eigenvalue weighted by molar-refractivity contribution is 5.89. The molecule has 0 spiro atoms. The van der Waals surface area contributed by atoms with E-state index in [1.54, 1.807) is 19.9 Å². The molecule has 5 nitrogen and oxygen atoms in total. The van der Waals surface area contributed by atoms with E-state index < -0.39 is 6.10 Å². The fraction of sp³-hybridized carbons (Fsp3) is 0.556. The Balaban J connectivity index is 2.34. The summed E-state index contributed by atoms with van der Waals surface area (Å²) in [4.78, 5) is 11.2. The van der Waals surface area contributed by atoms with Gasteiger partial charge in [-0.25, -0.2) is 0 Å². The monoisotopic (exact) mass is 198 g/mol. The molecule has 0 bridgehead atoms. The van der Waals surface area contributed by atoms with E-state index in [0.29, 0.717) is 18.0 Å². The number of hydrogen-bond donors (Lipinski definition) is 2. The van der Waals surface area contributed by atoms with Crippen molar-refractivity contribution in [3.8, 4) is 0 Å². The number of aliphatic hydroxyl groups excluding tert-OH is 1. The van der Waals surface area contributed by atoms with Crippen LogP contribution in [0.4, 0.5) is 5.82 Å². The highest BCUT2D eigenvalue weighted by Gasteiger charge is 2.07. The molecule has 0 radical (unpaired) electrons. The van der Waals surface area contributed by atoms with Crippen molar-refractivity contribution in [2.75, 3.05) is 5.32 Å². The molecule has 1 heterocycles. The Morgan fingerprint density at radius 3 is 3.00 bits per heavy atom. The predicted molar refractivity (Wildman–Crippen MR) is 50.8 cm³/mol. The fourth-order valence-corrected chi connectivity index (χ4v) is 0.971. The Kier molecular flexibility index (Phi) is 3.64. The molecule has 1 atom stereocenters. The Labute approximate surface area is 82.1 Å². The number of aliphatic hydroxyl groups is 1. The van der Waals surface area contributed by atoms with Crippen LogP contribution in [-0.4, -0.2) is 22.3 Å². The molecule has 1 amide bonds. The molecule has 1 rings (SSSR count). The van der Waals surface area contributed by atoms with Crippen molar-refractivity contribution in [1.82, 2.24) is 5.16 Å². The second-order valence-corrected chi connectivity index (χ2v) is 3.26. The first-order valence-electron chi connectivity index (χ1n) is 4.49. The van der Waals surface area contributed by atoms with Crippen LogP contribution in [0.3, 0.4) is 0 Å². The van der Waals surface area contributed by atoms with Crippen molar-refractivity contribution in [2.24, 2.45) is 0 Å². The summed E-state index contributed by atoms with van der Waals surface area (Å²) in [5.41, 5.74) is 0. The largest absolute Gasteiger partial charge is 0.393 e. The first-order valence-corrected chi connectivity index (χ1v) is 4.49. The quantitative estimate of drug-likeness (QED) is 0.759. The molecule has 78 valence electrons. The van der Waals surface area contributed by atoms with Crippen LogP contribution in [0.2, 0.25) is 0 Å². The molecule has 5 heteroatoms. The lowest BCUT2D eigenvalue weighted by Crippen LogP contribution is -2.14. The van der Waals surface area contributed by atoms with Crippen LogP contribution in [0.25, 0.3) is 0 Å². The van der Waals surface area contributed by atoms with Crippen molar-refractivity contribution >= 4 is 11.7 Å². The number of nitrogens with one attached hydrogen (secondary N) is 1. The van der Waals surface area contributed by atoms with E-state index in [0.717, 1.165) is 0 Å². The number of carbonyl (C=O) groups is 1. The Morgan fingerprint density at radius 2 is 2.50 bits per heavy atom. The Hall–Kier alpha value is -1.36. The molecule has 2 N–H and O–H groups in total. The predicted octanol–water partition coefficient (Wildman–Crippen LogP) is 1.08. The molecule has 0 aliphatic rings. The van der Waals surface area contributed by atoms with E-state index in [9.17, 15) is 4.79 Å². The lowest BCUT2D eigenvalue weighted by Gasteiger charge is -2.02. The minimum absolute atomic E-state index is 0.167. The van der Waals surface area contributed by atoms with Crippen LogP contribution in [0.5, 0.6) is 0 Å². The van der Waals surface area contributed by atoms with E-state index >= 15 is 0 Å². The molecule has 0 aromatic carbocycles. The normalized spacial score (nSPS) is 12.5. The number of hydrogen-bond acceptors (Lipinski definition) is 4.